The summed E-state index contributed by atoms with van der Waals surface area (Å²) in [5.74, 6) is 0. The van der Waals surface area contributed by atoms with E-state index in [1.165, 1.54) is 0 Å². The number of rotatable bonds is 0. The molecule has 0 bridgehead atoms. The zero-order valence-corrected chi connectivity index (χ0v) is 10.2. The van der Waals surface area contributed by atoms with Gasteiger partial charge in [0.1, 0.15) is 0 Å². The van der Waals surface area contributed by atoms with Crippen LogP contribution in [0.1, 0.15) is 27.7 Å². The van der Waals surface area contributed by atoms with Crippen LogP contribution in [0, 0.1) is 35.6 Å². The van der Waals surface area contributed by atoms with Crippen LogP contribution in [0.2, 0.25) is 0 Å². The Balaban J connectivity index is -0.0000000720. The maximum atomic E-state index is 9.53. The zero-order chi connectivity index (χ0) is 7.15. The average molecular weight is 257 g/mol. The van der Waals surface area contributed by atoms with Crippen molar-refractivity contribution in [1.29, 1.82) is 0 Å². The summed E-state index contributed by atoms with van der Waals surface area (Å²) in [6.07, 6.45) is -0.833. The second-order valence-electron chi connectivity index (χ2n) is 2.10. The summed E-state index contributed by atoms with van der Waals surface area (Å²) in [5.41, 5.74) is 0. The fraction of sp³-hybridized carbons (Fsp3) is 1.00. The van der Waals surface area contributed by atoms with Gasteiger partial charge in [-0.3, -0.25) is 0 Å². The molecule has 0 saturated carbocycles. The van der Waals surface area contributed by atoms with E-state index in [0.717, 1.165) is 0 Å². The summed E-state index contributed by atoms with van der Waals surface area (Å²) in [6.45, 7) is 6.44. The Morgan fingerprint density at radius 2 is 0.778 bits per heavy atom. The molecular formula is C6H14LaO2. The molecule has 0 unspecified atom stereocenters. The molecule has 1 radical (unpaired) electrons. The first-order valence-corrected chi connectivity index (χ1v) is 2.78. The normalized spacial score (nSPS) is 8.00. The van der Waals surface area contributed by atoms with E-state index in [9.17, 15) is 10.2 Å². The van der Waals surface area contributed by atoms with Gasteiger partial charge in [-0.05, 0) is 0 Å². The Morgan fingerprint density at radius 3 is 0.778 bits per heavy atom. The van der Waals surface area contributed by atoms with Crippen molar-refractivity contribution >= 4 is 0 Å². The Hall–Kier alpha value is 1.11. The van der Waals surface area contributed by atoms with Gasteiger partial charge in [0.25, 0.3) is 0 Å². The monoisotopic (exact) mass is 257 g/mol. The first kappa shape index (κ1) is 16.6. The van der Waals surface area contributed by atoms with Gasteiger partial charge in [-0.15, -0.1) is 12.2 Å². The molecule has 53 valence electrons. The van der Waals surface area contributed by atoms with Gasteiger partial charge < -0.3 is 10.2 Å². The molecule has 2 nitrogen and oxygen atoms in total. The topological polar surface area (TPSA) is 46.1 Å². The van der Waals surface area contributed by atoms with E-state index < -0.39 is 12.2 Å². The fourth-order valence-corrected chi connectivity index (χ4v) is 0. The van der Waals surface area contributed by atoms with Crippen molar-refractivity contribution in [2.75, 3.05) is 0 Å². The van der Waals surface area contributed by atoms with Crippen molar-refractivity contribution in [1.82, 2.24) is 0 Å². The number of hydrogen-bond donors (Lipinski definition) is 0. The second kappa shape index (κ2) is 11.9. The van der Waals surface area contributed by atoms with Gasteiger partial charge >= 0.3 is 35.6 Å². The maximum Gasteiger partial charge on any atom is 2.00 e. The summed E-state index contributed by atoms with van der Waals surface area (Å²) in [5, 5.41) is 19.1. The predicted molar refractivity (Wildman–Crippen MR) is 30.3 cm³/mol. The molecule has 0 amide bonds. The van der Waals surface area contributed by atoms with E-state index >= 15 is 0 Å². The molecule has 0 fully saturated rings. The van der Waals surface area contributed by atoms with Crippen molar-refractivity contribution in [3.8, 4) is 0 Å². The smallest absolute Gasteiger partial charge is 0.852 e. The fourth-order valence-electron chi connectivity index (χ4n) is 0. The Labute approximate surface area is 85.3 Å². The Kier molecular flexibility index (Phi) is 21.9. The predicted octanol–water partition coefficient (Wildman–Crippen LogP) is -0.490. The van der Waals surface area contributed by atoms with Crippen molar-refractivity contribution < 1.29 is 45.8 Å². The minimum atomic E-state index is -0.417. The van der Waals surface area contributed by atoms with Crippen molar-refractivity contribution in [3.05, 3.63) is 0 Å². The SMILES string of the molecule is CC(C)[O-].CC(C)[O-].[La+2]. The van der Waals surface area contributed by atoms with Gasteiger partial charge in [0.2, 0.25) is 0 Å². The molecule has 0 spiro atoms. The van der Waals surface area contributed by atoms with Crippen molar-refractivity contribution in [3.63, 3.8) is 0 Å². The maximum absolute atomic E-state index is 9.53. The quantitative estimate of drug-likeness (QED) is 0.588. The van der Waals surface area contributed by atoms with Crippen LogP contribution in [0.4, 0.5) is 0 Å². The largest absolute Gasteiger partial charge is 2.00 e. The van der Waals surface area contributed by atoms with Crippen molar-refractivity contribution in [2.45, 2.75) is 39.9 Å². The minimum Gasteiger partial charge on any atom is -0.852 e. The van der Waals surface area contributed by atoms with Gasteiger partial charge in [0, 0.05) is 0 Å². The molecule has 0 aliphatic heterocycles. The van der Waals surface area contributed by atoms with Gasteiger partial charge in [-0.2, -0.15) is 0 Å². The molecule has 0 aliphatic rings. The van der Waals surface area contributed by atoms with E-state index in [1.54, 1.807) is 27.7 Å². The molecule has 0 rings (SSSR count). The van der Waals surface area contributed by atoms with E-state index in [4.69, 9.17) is 0 Å². The Morgan fingerprint density at radius 1 is 0.778 bits per heavy atom. The van der Waals surface area contributed by atoms with Gasteiger partial charge in [-0.1, -0.05) is 27.7 Å². The van der Waals surface area contributed by atoms with E-state index in [2.05, 4.69) is 0 Å². The van der Waals surface area contributed by atoms with Crippen LogP contribution in [0.5, 0.6) is 0 Å². The summed E-state index contributed by atoms with van der Waals surface area (Å²) < 4.78 is 0. The third-order valence-electron chi connectivity index (χ3n) is 0. The van der Waals surface area contributed by atoms with Crippen LogP contribution in [-0.2, 0) is 0 Å². The van der Waals surface area contributed by atoms with E-state index in [-0.39, 0.29) is 35.6 Å². The molecule has 9 heavy (non-hydrogen) atoms. The second-order valence-corrected chi connectivity index (χ2v) is 2.10. The van der Waals surface area contributed by atoms with Gasteiger partial charge in [-0.25, -0.2) is 0 Å². The van der Waals surface area contributed by atoms with E-state index in [1.807, 2.05) is 0 Å². The number of hydrogen-bond acceptors (Lipinski definition) is 2. The third kappa shape index (κ3) is 371. The van der Waals surface area contributed by atoms with Crippen LogP contribution in [0.3, 0.4) is 0 Å². The first-order chi connectivity index (χ1) is 3.46. The minimum absolute atomic E-state index is 0. The zero-order valence-electron chi connectivity index (χ0n) is 6.55. The van der Waals surface area contributed by atoms with Crippen LogP contribution in [0.25, 0.3) is 0 Å². The van der Waals surface area contributed by atoms with Crippen LogP contribution in [0.15, 0.2) is 0 Å². The van der Waals surface area contributed by atoms with E-state index in [0.29, 0.717) is 0 Å². The first-order valence-electron chi connectivity index (χ1n) is 2.78. The molecule has 0 saturated heterocycles. The summed E-state index contributed by atoms with van der Waals surface area (Å²) in [6, 6.07) is 0. The summed E-state index contributed by atoms with van der Waals surface area (Å²) >= 11 is 0. The van der Waals surface area contributed by atoms with Crippen LogP contribution >= 0.6 is 0 Å². The average Bonchev–Trinajstić information content (AvgIpc) is 1.25. The summed E-state index contributed by atoms with van der Waals surface area (Å²) in [4.78, 5) is 0. The molecule has 0 aromatic rings. The van der Waals surface area contributed by atoms with Gasteiger partial charge in [0.15, 0.2) is 0 Å². The van der Waals surface area contributed by atoms with Gasteiger partial charge in [0.05, 0.1) is 0 Å². The molecule has 0 aliphatic carbocycles. The molecule has 3 heteroatoms. The molecular weight excluding hydrogens is 243 g/mol. The van der Waals surface area contributed by atoms with Crippen LogP contribution in [-0.4, -0.2) is 12.2 Å². The molecule has 0 aromatic heterocycles. The molecule has 0 heterocycles. The van der Waals surface area contributed by atoms with Crippen molar-refractivity contribution in [2.24, 2.45) is 0 Å². The standard InChI is InChI=1S/2C3H7O.La/c2*1-3(2)4;/h2*3H,1-2H3;/q2*-1;+2. The summed E-state index contributed by atoms with van der Waals surface area (Å²) in [7, 11) is 0. The molecule has 0 atom stereocenters. The van der Waals surface area contributed by atoms with Crippen LogP contribution < -0.4 is 10.2 Å². The molecule has 0 aromatic carbocycles. The Bertz CT molecular complexity index is 26.5. The third-order valence-corrected chi connectivity index (χ3v) is 0. The molecule has 0 N–H and O–H groups in total.